The maximum Gasteiger partial charge on any atom is 0.573 e. The van der Waals surface area contributed by atoms with E-state index in [1.165, 1.54) is 47.0 Å². The molecule has 8 nitrogen and oxygen atoms in total. The molecule has 1 aromatic heterocycles. The molecule has 0 aliphatic carbocycles. The molecule has 1 fully saturated rings. The van der Waals surface area contributed by atoms with E-state index in [1.54, 1.807) is 23.2 Å². The molecule has 1 unspecified atom stereocenters. The monoisotopic (exact) mass is 523 g/mol. The molecule has 1 N–H and O–H groups in total. The van der Waals surface area contributed by atoms with Crippen LogP contribution in [0.4, 0.5) is 18.9 Å². The Balaban J connectivity index is 1.48. The lowest BCUT2D eigenvalue weighted by Crippen LogP contribution is -2.52. The molecule has 2 heterocycles. The summed E-state index contributed by atoms with van der Waals surface area (Å²) >= 11 is 0. The number of fused-ring (bicyclic) bond motifs is 1. The number of carbonyl (C=O) groups is 1. The van der Waals surface area contributed by atoms with Crippen LogP contribution >= 0.6 is 0 Å². The minimum Gasteiger partial charge on any atom is -0.480 e. The van der Waals surface area contributed by atoms with E-state index in [0.717, 1.165) is 5.39 Å². The highest BCUT2D eigenvalue weighted by atomic mass is 32.2. The van der Waals surface area contributed by atoms with E-state index >= 15 is 0 Å². The van der Waals surface area contributed by atoms with Gasteiger partial charge in [0.25, 0.3) is 0 Å². The third-order valence-corrected chi connectivity index (χ3v) is 8.05. The number of carboxylic acid groups (broad SMARTS) is 1. The van der Waals surface area contributed by atoms with Crippen molar-refractivity contribution in [1.29, 1.82) is 0 Å². The number of sulfone groups is 1. The summed E-state index contributed by atoms with van der Waals surface area (Å²) in [5.41, 5.74) is 1.20. The Hall–Kier alpha value is -3.51. The number of aromatic nitrogens is 1. The standard InChI is InChI=1S/C24H24F3N3O5S/c1-2-22(36(33,34)20-8-3-17-9-10-30(16-23(31)32)21(17)15-20)29-13-11-28(12-14-29)18-4-6-19(7-5-18)35-24(25,26)27/h2-10,15,22H,1,11-14,16H2,(H,31,32). The summed E-state index contributed by atoms with van der Waals surface area (Å²) in [6.07, 6.45) is -1.79. The first kappa shape index (κ1) is 25.6. The van der Waals surface area contributed by atoms with Crippen LogP contribution in [0.5, 0.6) is 5.75 Å². The van der Waals surface area contributed by atoms with Crippen LogP contribution < -0.4 is 9.64 Å². The zero-order chi connectivity index (χ0) is 26.1. The van der Waals surface area contributed by atoms with Gasteiger partial charge in [0.1, 0.15) is 17.7 Å². The summed E-state index contributed by atoms with van der Waals surface area (Å²) in [6, 6.07) is 11.9. The number of aliphatic carboxylic acids is 1. The first-order valence-corrected chi connectivity index (χ1v) is 12.5. The second-order valence-electron chi connectivity index (χ2n) is 8.29. The van der Waals surface area contributed by atoms with Crippen LogP contribution in [0.15, 0.2) is 72.3 Å². The van der Waals surface area contributed by atoms with E-state index in [9.17, 15) is 26.4 Å². The summed E-state index contributed by atoms with van der Waals surface area (Å²) in [4.78, 5) is 14.9. The van der Waals surface area contributed by atoms with E-state index in [1.807, 2.05) is 4.90 Å². The molecular formula is C24H24F3N3O5S. The molecule has 0 saturated carbocycles. The van der Waals surface area contributed by atoms with Gasteiger partial charge in [0.15, 0.2) is 9.84 Å². The Labute approximate surface area is 205 Å². The minimum absolute atomic E-state index is 0.0629. The number of benzene rings is 2. The highest BCUT2D eigenvalue weighted by Gasteiger charge is 2.34. The SMILES string of the molecule is C=CC(N1CCN(c2ccc(OC(F)(F)F)cc2)CC1)S(=O)(=O)c1ccc2ccn(CC(=O)O)c2c1. The zero-order valence-corrected chi connectivity index (χ0v) is 19.9. The summed E-state index contributed by atoms with van der Waals surface area (Å²) in [5, 5.41) is 8.85. The smallest absolute Gasteiger partial charge is 0.480 e. The predicted molar refractivity (Wildman–Crippen MR) is 128 cm³/mol. The molecule has 36 heavy (non-hydrogen) atoms. The molecule has 1 atom stereocenters. The van der Waals surface area contributed by atoms with Crippen molar-refractivity contribution in [2.24, 2.45) is 0 Å². The molecule has 0 radical (unpaired) electrons. The van der Waals surface area contributed by atoms with Crippen LogP contribution in [0.2, 0.25) is 0 Å². The molecule has 1 aliphatic heterocycles. The van der Waals surface area contributed by atoms with Crippen LogP contribution in [0.1, 0.15) is 0 Å². The fraction of sp³-hybridized carbons (Fsp3) is 0.292. The van der Waals surface area contributed by atoms with Crippen molar-refractivity contribution in [1.82, 2.24) is 9.47 Å². The van der Waals surface area contributed by atoms with Crippen molar-refractivity contribution in [3.8, 4) is 5.75 Å². The number of alkyl halides is 3. The number of hydrogen-bond donors (Lipinski definition) is 1. The fourth-order valence-corrected chi connectivity index (χ4v) is 6.00. The number of hydrogen-bond acceptors (Lipinski definition) is 6. The second-order valence-corrected chi connectivity index (χ2v) is 10.3. The molecule has 2 aromatic carbocycles. The first-order valence-electron chi connectivity index (χ1n) is 11.0. The third kappa shape index (κ3) is 5.49. The van der Waals surface area contributed by atoms with Gasteiger partial charge < -0.3 is 19.3 Å². The van der Waals surface area contributed by atoms with Gasteiger partial charge >= 0.3 is 12.3 Å². The number of halogens is 3. The first-order chi connectivity index (χ1) is 17.0. The van der Waals surface area contributed by atoms with Gasteiger partial charge in [0.2, 0.25) is 0 Å². The van der Waals surface area contributed by atoms with Gasteiger partial charge in [0, 0.05) is 43.6 Å². The Morgan fingerprint density at radius 2 is 1.75 bits per heavy atom. The van der Waals surface area contributed by atoms with Crippen LogP contribution in [0, 0.1) is 0 Å². The van der Waals surface area contributed by atoms with Gasteiger partial charge in [-0.2, -0.15) is 0 Å². The maximum absolute atomic E-state index is 13.5. The average Bonchev–Trinajstić information content (AvgIpc) is 3.21. The van der Waals surface area contributed by atoms with E-state index in [2.05, 4.69) is 11.3 Å². The molecule has 4 rings (SSSR count). The van der Waals surface area contributed by atoms with E-state index in [-0.39, 0.29) is 17.2 Å². The van der Waals surface area contributed by atoms with Gasteiger partial charge in [-0.25, -0.2) is 8.42 Å². The number of piperazine rings is 1. The molecule has 1 saturated heterocycles. The summed E-state index contributed by atoms with van der Waals surface area (Å²) in [7, 11) is -3.86. The molecule has 0 amide bonds. The highest BCUT2D eigenvalue weighted by molar-refractivity contribution is 7.92. The lowest BCUT2D eigenvalue weighted by Gasteiger charge is -2.39. The number of carboxylic acids is 1. The minimum atomic E-state index is -4.76. The number of anilines is 1. The quantitative estimate of drug-likeness (QED) is 0.450. The maximum atomic E-state index is 13.5. The lowest BCUT2D eigenvalue weighted by atomic mass is 10.2. The molecule has 0 bridgehead atoms. The Kier molecular flexibility index (Phi) is 7.01. The van der Waals surface area contributed by atoms with Gasteiger partial charge in [-0.1, -0.05) is 12.1 Å². The normalized spacial score (nSPS) is 16.1. The predicted octanol–water partition coefficient (Wildman–Crippen LogP) is 3.73. The Morgan fingerprint density at radius 3 is 2.33 bits per heavy atom. The molecule has 1 aliphatic rings. The van der Waals surface area contributed by atoms with E-state index in [4.69, 9.17) is 5.11 Å². The molecular weight excluding hydrogens is 499 g/mol. The fourth-order valence-electron chi connectivity index (χ4n) is 4.33. The number of ether oxygens (including phenoxy) is 1. The molecule has 0 spiro atoms. The topological polar surface area (TPSA) is 92.1 Å². The van der Waals surface area contributed by atoms with Crippen LogP contribution in [-0.2, 0) is 21.2 Å². The lowest BCUT2D eigenvalue weighted by molar-refractivity contribution is -0.274. The van der Waals surface area contributed by atoms with Crippen LogP contribution in [0.3, 0.4) is 0 Å². The van der Waals surface area contributed by atoms with Gasteiger partial charge in [0.05, 0.1) is 4.90 Å². The zero-order valence-electron chi connectivity index (χ0n) is 19.1. The van der Waals surface area contributed by atoms with Crippen molar-refractivity contribution >= 4 is 32.4 Å². The number of rotatable bonds is 8. The van der Waals surface area contributed by atoms with Crippen molar-refractivity contribution in [2.75, 3.05) is 31.1 Å². The Bertz CT molecular complexity index is 1360. The third-order valence-electron chi connectivity index (χ3n) is 6.01. The highest BCUT2D eigenvalue weighted by Crippen LogP contribution is 2.28. The van der Waals surface area contributed by atoms with Crippen molar-refractivity contribution < 1.29 is 36.2 Å². The van der Waals surface area contributed by atoms with Crippen molar-refractivity contribution in [2.45, 2.75) is 23.2 Å². The molecule has 12 heteroatoms. The Morgan fingerprint density at radius 1 is 1.08 bits per heavy atom. The largest absolute Gasteiger partial charge is 0.573 e. The van der Waals surface area contributed by atoms with Crippen molar-refractivity contribution in [3.05, 3.63) is 67.4 Å². The van der Waals surface area contributed by atoms with Gasteiger partial charge in [-0.15, -0.1) is 19.8 Å². The van der Waals surface area contributed by atoms with Crippen molar-refractivity contribution in [3.63, 3.8) is 0 Å². The van der Waals surface area contributed by atoms with Gasteiger partial charge in [-0.3, -0.25) is 9.69 Å². The van der Waals surface area contributed by atoms with E-state index < -0.39 is 27.5 Å². The summed E-state index contributed by atoms with van der Waals surface area (Å²) < 4.78 is 69.5. The van der Waals surface area contributed by atoms with Gasteiger partial charge in [-0.05, 0) is 47.9 Å². The second kappa shape index (κ2) is 9.86. The average molecular weight is 524 g/mol. The summed E-state index contributed by atoms with van der Waals surface area (Å²) in [5.74, 6) is -1.35. The summed E-state index contributed by atoms with van der Waals surface area (Å²) in [6.45, 7) is 5.12. The van der Waals surface area contributed by atoms with E-state index in [0.29, 0.717) is 37.4 Å². The van der Waals surface area contributed by atoms with Crippen LogP contribution in [-0.4, -0.2) is 66.9 Å². The molecule has 3 aromatic rings. The molecule has 192 valence electrons. The van der Waals surface area contributed by atoms with Crippen LogP contribution in [0.25, 0.3) is 10.9 Å². The number of nitrogens with zero attached hydrogens (tertiary/aromatic N) is 3.